The van der Waals surface area contributed by atoms with E-state index in [0.29, 0.717) is 0 Å². The second-order valence-corrected chi connectivity index (χ2v) is 5.79. The predicted octanol–water partition coefficient (Wildman–Crippen LogP) is 1.56. The molecule has 1 fully saturated rings. The van der Waals surface area contributed by atoms with E-state index in [1.54, 1.807) is 0 Å². The second-order valence-electron chi connectivity index (χ2n) is 5.79. The average molecular weight is 291 g/mol. The van der Waals surface area contributed by atoms with Crippen LogP contribution in [-0.2, 0) is 0 Å². The minimum absolute atomic E-state index is 0.240. The van der Waals surface area contributed by atoms with Crippen molar-refractivity contribution in [1.29, 1.82) is 0 Å². The maximum absolute atomic E-state index is 9.38. The normalized spacial score (nSPS) is 17.9. The Morgan fingerprint density at radius 2 is 1.86 bits per heavy atom. The maximum atomic E-state index is 9.38. The van der Waals surface area contributed by atoms with Crippen molar-refractivity contribution < 1.29 is 5.11 Å². The number of hydrogen-bond acceptors (Lipinski definition) is 4. The lowest BCUT2D eigenvalue weighted by Gasteiger charge is -2.36. The van der Waals surface area contributed by atoms with Crippen LogP contribution in [0.4, 0.5) is 5.69 Å². The first kappa shape index (κ1) is 16.3. The third-order valence-electron chi connectivity index (χ3n) is 4.19. The number of nitrogens with zero attached hydrogens (tertiary/aromatic N) is 2. The molecule has 1 aromatic rings. The third-order valence-corrected chi connectivity index (χ3v) is 4.19. The highest BCUT2D eigenvalue weighted by Gasteiger charge is 2.17. The Bertz CT molecular complexity index is 377. The van der Waals surface area contributed by atoms with Crippen LogP contribution in [0.3, 0.4) is 0 Å². The van der Waals surface area contributed by atoms with Gasteiger partial charge in [-0.15, -0.1) is 0 Å². The highest BCUT2D eigenvalue weighted by molar-refractivity contribution is 5.46. The molecule has 1 atom stereocenters. The number of aliphatic hydroxyl groups excluding tert-OH is 1. The lowest BCUT2D eigenvalue weighted by atomic mass is 10.2. The van der Waals surface area contributed by atoms with E-state index in [9.17, 15) is 5.11 Å². The molecular weight excluding hydrogens is 262 g/mol. The predicted molar refractivity (Wildman–Crippen MR) is 88.9 cm³/mol. The van der Waals surface area contributed by atoms with Crippen LogP contribution in [0, 0.1) is 0 Å². The van der Waals surface area contributed by atoms with Crippen LogP contribution in [0.25, 0.3) is 0 Å². The van der Waals surface area contributed by atoms with Crippen LogP contribution < -0.4 is 10.2 Å². The number of benzene rings is 1. The standard InChI is InChI=1S/C17H29N3O/c1-2-9-18-16(15-21)8-10-19-11-13-20(14-12-19)17-6-4-3-5-7-17/h3-7,16,18,21H,2,8-15H2,1H3. The molecule has 1 unspecified atom stereocenters. The Hall–Kier alpha value is -1.10. The van der Waals surface area contributed by atoms with Gasteiger partial charge in [0.05, 0.1) is 6.61 Å². The van der Waals surface area contributed by atoms with Crippen LogP contribution in [-0.4, -0.2) is 61.9 Å². The van der Waals surface area contributed by atoms with Gasteiger partial charge in [-0.05, 0) is 38.1 Å². The number of rotatable bonds is 8. The summed E-state index contributed by atoms with van der Waals surface area (Å²) >= 11 is 0. The summed E-state index contributed by atoms with van der Waals surface area (Å²) in [5.41, 5.74) is 1.33. The molecule has 1 aliphatic rings. The highest BCUT2D eigenvalue weighted by Crippen LogP contribution is 2.15. The number of nitrogens with one attached hydrogen (secondary N) is 1. The fraction of sp³-hybridized carbons (Fsp3) is 0.647. The van der Waals surface area contributed by atoms with E-state index in [1.165, 1.54) is 5.69 Å². The van der Waals surface area contributed by atoms with E-state index in [-0.39, 0.29) is 12.6 Å². The molecule has 0 aliphatic carbocycles. The molecule has 1 aliphatic heterocycles. The van der Waals surface area contributed by atoms with Crippen molar-refractivity contribution in [3.63, 3.8) is 0 Å². The molecule has 118 valence electrons. The van der Waals surface area contributed by atoms with Crippen molar-refractivity contribution in [2.75, 3.05) is 50.8 Å². The zero-order chi connectivity index (χ0) is 14.9. The number of aliphatic hydroxyl groups is 1. The average Bonchev–Trinajstić information content (AvgIpc) is 2.56. The Morgan fingerprint density at radius 1 is 1.14 bits per heavy atom. The van der Waals surface area contributed by atoms with Gasteiger partial charge in [0, 0.05) is 37.9 Å². The van der Waals surface area contributed by atoms with E-state index in [1.807, 2.05) is 0 Å². The van der Waals surface area contributed by atoms with E-state index >= 15 is 0 Å². The smallest absolute Gasteiger partial charge is 0.0585 e. The maximum Gasteiger partial charge on any atom is 0.0585 e. The van der Waals surface area contributed by atoms with Gasteiger partial charge in [0.15, 0.2) is 0 Å². The Labute approximate surface area is 128 Å². The van der Waals surface area contributed by atoms with Crippen LogP contribution in [0.2, 0.25) is 0 Å². The number of anilines is 1. The summed E-state index contributed by atoms with van der Waals surface area (Å²) in [6.07, 6.45) is 2.15. The van der Waals surface area contributed by atoms with E-state index in [2.05, 4.69) is 52.4 Å². The molecule has 0 spiro atoms. The Balaban J connectivity index is 1.69. The molecule has 2 rings (SSSR count). The zero-order valence-corrected chi connectivity index (χ0v) is 13.2. The van der Waals surface area contributed by atoms with Gasteiger partial charge < -0.3 is 15.3 Å². The molecule has 2 N–H and O–H groups in total. The van der Waals surface area contributed by atoms with E-state index in [4.69, 9.17) is 0 Å². The summed E-state index contributed by atoms with van der Waals surface area (Å²) in [7, 11) is 0. The van der Waals surface area contributed by atoms with Gasteiger partial charge in [-0.2, -0.15) is 0 Å². The summed E-state index contributed by atoms with van der Waals surface area (Å²) in [5, 5.41) is 12.8. The van der Waals surface area contributed by atoms with Crippen LogP contribution >= 0.6 is 0 Å². The molecule has 0 bridgehead atoms. The molecule has 1 heterocycles. The van der Waals surface area contributed by atoms with Gasteiger partial charge in [-0.25, -0.2) is 0 Å². The number of hydrogen-bond donors (Lipinski definition) is 2. The van der Waals surface area contributed by atoms with Gasteiger partial charge >= 0.3 is 0 Å². The van der Waals surface area contributed by atoms with Crippen LogP contribution in [0.1, 0.15) is 19.8 Å². The lowest BCUT2D eigenvalue weighted by Crippen LogP contribution is -2.48. The minimum Gasteiger partial charge on any atom is -0.395 e. The van der Waals surface area contributed by atoms with Crippen LogP contribution in [0.5, 0.6) is 0 Å². The first-order chi connectivity index (χ1) is 10.3. The largest absolute Gasteiger partial charge is 0.395 e. The van der Waals surface area contributed by atoms with Gasteiger partial charge in [0.25, 0.3) is 0 Å². The summed E-state index contributed by atoms with van der Waals surface area (Å²) in [6.45, 7) is 8.87. The molecule has 21 heavy (non-hydrogen) atoms. The Kier molecular flexibility index (Phi) is 7.00. The van der Waals surface area contributed by atoms with Crippen LogP contribution in [0.15, 0.2) is 30.3 Å². The van der Waals surface area contributed by atoms with Gasteiger partial charge in [-0.1, -0.05) is 25.1 Å². The monoisotopic (exact) mass is 291 g/mol. The molecule has 0 saturated carbocycles. The zero-order valence-electron chi connectivity index (χ0n) is 13.2. The Morgan fingerprint density at radius 3 is 2.48 bits per heavy atom. The molecule has 4 heteroatoms. The second kappa shape index (κ2) is 9.03. The molecule has 1 aromatic carbocycles. The topological polar surface area (TPSA) is 38.7 Å². The fourth-order valence-electron chi connectivity index (χ4n) is 2.81. The number of piperazine rings is 1. The van der Waals surface area contributed by atoms with E-state index in [0.717, 1.165) is 52.1 Å². The first-order valence-electron chi connectivity index (χ1n) is 8.20. The lowest BCUT2D eigenvalue weighted by molar-refractivity contribution is 0.200. The summed E-state index contributed by atoms with van der Waals surface area (Å²) in [6, 6.07) is 10.9. The third kappa shape index (κ3) is 5.30. The van der Waals surface area contributed by atoms with Gasteiger partial charge in [0.2, 0.25) is 0 Å². The summed E-state index contributed by atoms with van der Waals surface area (Å²) in [5.74, 6) is 0. The molecule has 0 amide bonds. The SMILES string of the molecule is CCCNC(CO)CCN1CCN(c2ccccc2)CC1. The van der Waals surface area contributed by atoms with Crippen molar-refractivity contribution in [3.05, 3.63) is 30.3 Å². The number of para-hydroxylation sites is 1. The minimum atomic E-state index is 0.240. The van der Waals surface area contributed by atoms with Gasteiger partial charge in [0.1, 0.15) is 0 Å². The van der Waals surface area contributed by atoms with E-state index < -0.39 is 0 Å². The molecular formula is C17H29N3O. The fourth-order valence-corrected chi connectivity index (χ4v) is 2.81. The van der Waals surface area contributed by atoms with Gasteiger partial charge in [-0.3, -0.25) is 4.90 Å². The van der Waals surface area contributed by atoms with Crippen molar-refractivity contribution in [3.8, 4) is 0 Å². The van der Waals surface area contributed by atoms with Crippen molar-refractivity contribution in [1.82, 2.24) is 10.2 Å². The van der Waals surface area contributed by atoms with Crippen molar-refractivity contribution >= 4 is 5.69 Å². The first-order valence-corrected chi connectivity index (χ1v) is 8.20. The summed E-state index contributed by atoms with van der Waals surface area (Å²) in [4.78, 5) is 4.96. The molecule has 0 radical (unpaired) electrons. The van der Waals surface area contributed by atoms with Crippen molar-refractivity contribution in [2.24, 2.45) is 0 Å². The highest BCUT2D eigenvalue weighted by atomic mass is 16.3. The quantitative estimate of drug-likeness (QED) is 0.762. The molecule has 4 nitrogen and oxygen atoms in total. The molecule has 1 saturated heterocycles. The molecule has 0 aromatic heterocycles. The summed E-state index contributed by atoms with van der Waals surface area (Å²) < 4.78 is 0. The van der Waals surface area contributed by atoms with Crippen molar-refractivity contribution in [2.45, 2.75) is 25.8 Å².